The van der Waals surface area contributed by atoms with E-state index < -0.39 is 22.3 Å². The lowest BCUT2D eigenvalue weighted by molar-refractivity contribution is -0.138. The van der Waals surface area contributed by atoms with Crippen molar-refractivity contribution in [3.63, 3.8) is 0 Å². The van der Waals surface area contributed by atoms with Crippen LogP contribution in [0.2, 0.25) is 0 Å². The molecule has 6 nitrogen and oxygen atoms in total. The zero-order chi connectivity index (χ0) is 17.5. The normalized spacial score (nSPS) is 11.6. The number of benzene rings is 1. The molecule has 0 heterocycles. The summed E-state index contributed by atoms with van der Waals surface area (Å²) in [5.74, 6) is -1.77. The Hall–Kier alpha value is -1.63. The first kappa shape index (κ1) is 19.4. The monoisotopic (exact) mass is 382 g/mol. The van der Waals surface area contributed by atoms with Crippen LogP contribution in [0.5, 0.6) is 5.75 Å². The highest BCUT2D eigenvalue weighted by Crippen LogP contribution is 2.27. The van der Waals surface area contributed by atoms with E-state index in [-0.39, 0.29) is 17.1 Å². The topological polar surface area (TPSA) is 71.1 Å². The maximum Gasteiger partial charge on any atom is 0.377 e. The first-order valence-corrected chi connectivity index (χ1v) is 7.24. The van der Waals surface area contributed by atoms with Crippen LogP contribution in [0.3, 0.4) is 0 Å². The van der Waals surface area contributed by atoms with Crippen LogP contribution in [0, 0.1) is 0 Å². The lowest BCUT2D eigenvalue weighted by Gasteiger charge is -2.14. The lowest BCUT2D eigenvalue weighted by atomic mass is 10.2. The highest BCUT2D eigenvalue weighted by atomic mass is 35.6. The van der Waals surface area contributed by atoms with Crippen LogP contribution < -0.4 is 4.74 Å². The second kappa shape index (κ2) is 8.86. The molecule has 0 bridgehead atoms. The van der Waals surface area contributed by atoms with E-state index in [2.05, 4.69) is 4.74 Å². The summed E-state index contributed by atoms with van der Waals surface area (Å²) in [6, 6.07) is 6.06. The summed E-state index contributed by atoms with van der Waals surface area (Å²) < 4.78 is 17.8. The summed E-state index contributed by atoms with van der Waals surface area (Å²) in [7, 11) is 2.50. The predicted molar refractivity (Wildman–Crippen MR) is 84.8 cm³/mol. The standard InChI is InChI=1S/C14H13Cl3O6/c1-20-7-11(13(19)21-2)23-10-6-4-3-5-9(10)12(18)22-8-14(15,16)17/h3-7H,8H2,1-2H3. The first-order valence-electron chi connectivity index (χ1n) is 6.10. The van der Waals surface area contributed by atoms with Crippen LogP contribution in [0.1, 0.15) is 10.4 Å². The Morgan fingerprint density at radius 3 is 2.39 bits per heavy atom. The van der Waals surface area contributed by atoms with Gasteiger partial charge in [0.2, 0.25) is 9.55 Å². The Morgan fingerprint density at radius 1 is 1.17 bits per heavy atom. The second-order valence-electron chi connectivity index (χ2n) is 4.00. The van der Waals surface area contributed by atoms with Crippen molar-refractivity contribution in [1.29, 1.82) is 0 Å². The highest BCUT2D eigenvalue weighted by Gasteiger charge is 2.24. The van der Waals surface area contributed by atoms with Crippen LogP contribution in [0.15, 0.2) is 36.3 Å². The molecule has 0 aliphatic heterocycles. The van der Waals surface area contributed by atoms with Gasteiger partial charge in [0.05, 0.1) is 14.2 Å². The van der Waals surface area contributed by atoms with Gasteiger partial charge in [-0.2, -0.15) is 0 Å². The van der Waals surface area contributed by atoms with Crippen LogP contribution in [0.25, 0.3) is 0 Å². The van der Waals surface area contributed by atoms with E-state index in [9.17, 15) is 9.59 Å². The van der Waals surface area contributed by atoms with Gasteiger partial charge < -0.3 is 18.9 Å². The number of carbonyl (C=O) groups is 2. The molecular weight excluding hydrogens is 371 g/mol. The number of hydrogen-bond acceptors (Lipinski definition) is 6. The first-order chi connectivity index (χ1) is 10.8. The van der Waals surface area contributed by atoms with Gasteiger partial charge in [-0.15, -0.1) is 0 Å². The van der Waals surface area contributed by atoms with Crippen molar-refractivity contribution in [2.45, 2.75) is 3.79 Å². The van der Waals surface area contributed by atoms with Crippen molar-refractivity contribution in [3.05, 3.63) is 41.9 Å². The number of halogens is 3. The summed E-state index contributed by atoms with van der Waals surface area (Å²) in [5, 5.41) is 0. The third kappa shape index (κ3) is 6.56. The second-order valence-corrected chi connectivity index (χ2v) is 6.51. The molecule has 0 amide bonds. The van der Waals surface area contributed by atoms with Crippen LogP contribution in [-0.4, -0.2) is 36.6 Å². The number of para-hydroxylation sites is 1. The zero-order valence-corrected chi connectivity index (χ0v) is 14.4. The Kier molecular flexibility index (Phi) is 7.48. The Bertz CT molecular complexity index is 594. The van der Waals surface area contributed by atoms with Gasteiger partial charge in [-0.25, -0.2) is 9.59 Å². The zero-order valence-electron chi connectivity index (χ0n) is 12.2. The number of carbonyl (C=O) groups excluding carboxylic acids is 2. The molecule has 0 aliphatic carbocycles. The van der Waals surface area contributed by atoms with E-state index in [1.807, 2.05) is 0 Å². The largest absolute Gasteiger partial charge is 0.500 e. The Morgan fingerprint density at radius 2 is 1.83 bits per heavy atom. The van der Waals surface area contributed by atoms with Crippen LogP contribution >= 0.6 is 34.8 Å². The summed E-state index contributed by atoms with van der Waals surface area (Å²) >= 11 is 16.6. The van der Waals surface area contributed by atoms with Gasteiger partial charge in [0.15, 0.2) is 0 Å². The number of hydrogen-bond donors (Lipinski definition) is 0. The number of alkyl halides is 3. The molecule has 0 radical (unpaired) electrons. The molecule has 0 N–H and O–H groups in total. The quantitative estimate of drug-likeness (QED) is 0.325. The van der Waals surface area contributed by atoms with Crippen molar-refractivity contribution in [3.8, 4) is 5.75 Å². The van der Waals surface area contributed by atoms with Gasteiger partial charge in [0, 0.05) is 0 Å². The predicted octanol–water partition coefficient (Wildman–Crippen LogP) is 3.25. The SMILES string of the molecule is COC=C(Oc1ccccc1C(=O)OCC(Cl)(Cl)Cl)C(=O)OC. The van der Waals surface area contributed by atoms with E-state index in [4.69, 9.17) is 49.0 Å². The van der Waals surface area contributed by atoms with Gasteiger partial charge in [-0.3, -0.25) is 0 Å². The summed E-state index contributed by atoms with van der Waals surface area (Å²) in [6.07, 6.45) is 1.04. The maximum absolute atomic E-state index is 12.0. The van der Waals surface area contributed by atoms with Crippen molar-refractivity contribution in [2.75, 3.05) is 20.8 Å². The van der Waals surface area contributed by atoms with Gasteiger partial charge >= 0.3 is 11.9 Å². The fourth-order valence-electron chi connectivity index (χ4n) is 1.39. The number of ether oxygens (including phenoxy) is 4. The fourth-order valence-corrected chi connectivity index (χ4v) is 1.55. The molecule has 0 saturated heterocycles. The van der Waals surface area contributed by atoms with E-state index in [0.29, 0.717) is 0 Å². The molecule has 0 atom stereocenters. The molecule has 1 aromatic rings. The molecule has 1 aromatic carbocycles. The molecule has 1 rings (SSSR count). The summed E-state index contributed by atoms with van der Waals surface area (Å²) in [6.45, 7) is -0.442. The molecule has 126 valence electrons. The maximum atomic E-state index is 12.0. The minimum absolute atomic E-state index is 0.0349. The van der Waals surface area contributed by atoms with Crippen molar-refractivity contribution in [2.24, 2.45) is 0 Å². The van der Waals surface area contributed by atoms with E-state index in [1.54, 1.807) is 12.1 Å². The molecule has 0 aromatic heterocycles. The average molecular weight is 384 g/mol. The van der Waals surface area contributed by atoms with Gasteiger partial charge in [-0.05, 0) is 12.1 Å². The number of rotatable bonds is 6. The minimum Gasteiger partial charge on any atom is -0.500 e. The summed E-state index contributed by atoms with van der Waals surface area (Å²) in [4.78, 5) is 23.6. The van der Waals surface area contributed by atoms with E-state index in [0.717, 1.165) is 6.26 Å². The molecule has 0 spiro atoms. The van der Waals surface area contributed by atoms with Crippen molar-refractivity contribution >= 4 is 46.7 Å². The summed E-state index contributed by atoms with van der Waals surface area (Å²) in [5.41, 5.74) is 0.0349. The van der Waals surface area contributed by atoms with Crippen LogP contribution in [-0.2, 0) is 19.0 Å². The molecule has 9 heteroatoms. The van der Waals surface area contributed by atoms with Crippen molar-refractivity contribution in [1.82, 2.24) is 0 Å². The Labute approximate surface area is 147 Å². The van der Waals surface area contributed by atoms with E-state index >= 15 is 0 Å². The molecule has 0 fully saturated rings. The molecular formula is C14H13Cl3O6. The smallest absolute Gasteiger partial charge is 0.377 e. The molecule has 0 unspecified atom stereocenters. The highest BCUT2D eigenvalue weighted by molar-refractivity contribution is 6.67. The van der Waals surface area contributed by atoms with Gasteiger partial charge in [0.25, 0.3) is 0 Å². The Balaban J connectivity index is 2.98. The third-order valence-electron chi connectivity index (χ3n) is 2.31. The van der Waals surface area contributed by atoms with Gasteiger partial charge in [-0.1, -0.05) is 46.9 Å². The number of methoxy groups -OCH3 is 2. The van der Waals surface area contributed by atoms with E-state index in [1.165, 1.54) is 26.4 Å². The van der Waals surface area contributed by atoms with Gasteiger partial charge in [0.1, 0.15) is 24.2 Å². The lowest BCUT2D eigenvalue weighted by Crippen LogP contribution is -2.18. The average Bonchev–Trinajstić information content (AvgIpc) is 2.51. The molecule has 23 heavy (non-hydrogen) atoms. The third-order valence-corrected chi connectivity index (χ3v) is 2.63. The van der Waals surface area contributed by atoms with Crippen LogP contribution in [0.4, 0.5) is 0 Å². The minimum atomic E-state index is -1.74. The molecule has 0 saturated carbocycles. The fraction of sp³-hybridized carbons (Fsp3) is 0.286. The van der Waals surface area contributed by atoms with Crippen molar-refractivity contribution < 1.29 is 28.5 Å². The molecule has 0 aliphatic rings. The number of esters is 2.